The summed E-state index contributed by atoms with van der Waals surface area (Å²) in [6, 6.07) is 4.09. The lowest BCUT2D eigenvalue weighted by atomic mass is 10.1. The van der Waals surface area contributed by atoms with E-state index in [1.807, 2.05) is 26.1 Å². The Morgan fingerprint density at radius 2 is 1.95 bits per heavy atom. The van der Waals surface area contributed by atoms with E-state index in [0.29, 0.717) is 6.42 Å². The van der Waals surface area contributed by atoms with Crippen molar-refractivity contribution < 1.29 is 5.11 Å². The van der Waals surface area contributed by atoms with Gasteiger partial charge in [-0.1, -0.05) is 0 Å². The van der Waals surface area contributed by atoms with Gasteiger partial charge in [0.15, 0.2) is 0 Å². The summed E-state index contributed by atoms with van der Waals surface area (Å²) in [7, 11) is 0. The number of hydrogen-bond donors (Lipinski definition) is 2. The summed E-state index contributed by atoms with van der Waals surface area (Å²) in [5.74, 6) is 0. The largest absolute Gasteiger partial charge is 0.390 e. The molecule has 0 aliphatic rings. The molecule has 0 saturated carbocycles. The van der Waals surface area contributed by atoms with Crippen LogP contribution in [-0.4, -0.2) is 25.8 Å². The van der Waals surface area contributed by atoms with E-state index < -0.39 is 5.60 Å². The SMILES string of the molecule is CC(C)(O)CCn1cc(CNC(C)(C)C)c2cccnc21. The Bertz CT molecular complexity index is 551. The molecule has 0 amide bonds. The minimum absolute atomic E-state index is 0.0870. The second kappa shape index (κ2) is 5.78. The Morgan fingerprint density at radius 1 is 1.24 bits per heavy atom. The first-order valence-electron chi connectivity index (χ1n) is 7.56. The molecule has 2 rings (SSSR count). The molecule has 0 aliphatic carbocycles. The average Bonchev–Trinajstić information content (AvgIpc) is 2.71. The van der Waals surface area contributed by atoms with Crippen LogP contribution in [0, 0.1) is 0 Å². The van der Waals surface area contributed by atoms with Crippen LogP contribution in [0.4, 0.5) is 0 Å². The minimum Gasteiger partial charge on any atom is -0.390 e. The van der Waals surface area contributed by atoms with Crippen LogP contribution in [0.2, 0.25) is 0 Å². The Kier molecular flexibility index (Phi) is 4.40. The lowest BCUT2D eigenvalue weighted by Crippen LogP contribution is -2.35. The molecule has 0 atom stereocenters. The van der Waals surface area contributed by atoms with Crippen molar-refractivity contribution in [2.24, 2.45) is 0 Å². The van der Waals surface area contributed by atoms with Gasteiger partial charge in [0, 0.05) is 36.4 Å². The number of aliphatic hydroxyl groups is 1. The molecule has 2 aromatic rings. The first-order chi connectivity index (χ1) is 9.66. The van der Waals surface area contributed by atoms with Gasteiger partial charge in [-0.05, 0) is 58.7 Å². The Morgan fingerprint density at radius 3 is 2.57 bits per heavy atom. The molecule has 0 bridgehead atoms. The third kappa shape index (κ3) is 4.55. The average molecular weight is 289 g/mol. The molecular weight excluding hydrogens is 262 g/mol. The third-order valence-corrected chi connectivity index (χ3v) is 3.49. The smallest absolute Gasteiger partial charge is 0.140 e. The van der Waals surface area contributed by atoms with E-state index in [1.54, 1.807) is 0 Å². The molecule has 0 unspecified atom stereocenters. The molecule has 0 aromatic carbocycles. The Hall–Kier alpha value is -1.39. The molecule has 0 fully saturated rings. The number of hydrogen-bond acceptors (Lipinski definition) is 3. The molecular formula is C17H27N3O. The molecule has 2 aromatic heterocycles. The van der Waals surface area contributed by atoms with Crippen LogP contribution < -0.4 is 5.32 Å². The van der Waals surface area contributed by atoms with Crippen molar-refractivity contribution in [1.29, 1.82) is 0 Å². The lowest BCUT2D eigenvalue weighted by molar-refractivity contribution is 0.0665. The van der Waals surface area contributed by atoms with E-state index in [4.69, 9.17) is 0 Å². The first kappa shape index (κ1) is 16.0. The first-order valence-corrected chi connectivity index (χ1v) is 7.56. The molecule has 0 aliphatic heterocycles. The van der Waals surface area contributed by atoms with Crippen molar-refractivity contribution in [2.75, 3.05) is 0 Å². The van der Waals surface area contributed by atoms with Gasteiger partial charge in [-0.15, -0.1) is 0 Å². The summed E-state index contributed by atoms with van der Waals surface area (Å²) in [6.45, 7) is 11.8. The number of rotatable bonds is 5. The van der Waals surface area contributed by atoms with Crippen molar-refractivity contribution >= 4 is 11.0 Å². The molecule has 0 spiro atoms. The molecule has 116 valence electrons. The standard InChI is InChI=1S/C17H27N3O/c1-16(2,3)19-11-13-12-20(10-8-17(4,5)21)15-14(13)7-6-9-18-15/h6-7,9,12,19,21H,8,10-11H2,1-5H3. The summed E-state index contributed by atoms with van der Waals surface area (Å²) in [5.41, 5.74) is 1.68. The second-order valence-corrected chi connectivity index (χ2v) is 7.39. The quantitative estimate of drug-likeness (QED) is 0.889. The van der Waals surface area contributed by atoms with Crippen LogP contribution in [-0.2, 0) is 13.1 Å². The number of aryl methyl sites for hydroxylation is 1. The van der Waals surface area contributed by atoms with Gasteiger partial charge in [-0.3, -0.25) is 0 Å². The zero-order chi connectivity index (χ0) is 15.7. The summed E-state index contributed by atoms with van der Waals surface area (Å²) in [6.07, 6.45) is 4.69. The minimum atomic E-state index is -0.658. The summed E-state index contributed by atoms with van der Waals surface area (Å²) in [5, 5.41) is 14.6. The van der Waals surface area contributed by atoms with Crippen molar-refractivity contribution in [3.63, 3.8) is 0 Å². The Balaban J connectivity index is 2.26. The van der Waals surface area contributed by atoms with Crippen molar-refractivity contribution in [3.05, 3.63) is 30.1 Å². The van der Waals surface area contributed by atoms with Crippen molar-refractivity contribution in [1.82, 2.24) is 14.9 Å². The van der Waals surface area contributed by atoms with Gasteiger partial charge in [-0.2, -0.15) is 0 Å². The van der Waals surface area contributed by atoms with Crippen LogP contribution in [0.3, 0.4) is 0 Å². The predicted octanol–water partition coefficient (Wildman–Crippen LogP) is 3.09. The van der Waals surface area contributed by atoms with Crippen LogP contribution in [0.25, 0.3) is 11.0 Å². The van der Waals surface area contributed by atoms with Gasteiger partial charge in [0.2, 0.25) is 0 Å². The van der Waals surface area contributed by atoms with Gasteiger partial charge in [0.05, 0.1) is 5.60 Å². The fourth-order valence-corrected chi connectivity index (χ4v) is 2.26. The molecule has 0 radical (unpaired) electrons. The van der Waals surface area contributed by atoms with Crippen LogP contribution >= 0.6 is 0 Å². The molecule has 2 N–H and O–H groups in total. The van der Waals surface area contributed by atoms with E-state index >= 15 is 0 Å². The molecule has 4 nitrogen and oxygen atoms in total. The summed E-state index contributed by atoms with van der Waals surface area (Å²) < 4.78 is 2.15. The van der Waals surface area contributed by atoms with Gasteiger partial charge < -0.3 is 15.0 Å². The van der Waals surface area contributed by atoms with Gasteiger partial charge in [-0.25, -0.2) is 4.98 Å². The highest BCUT2D eigenvalue weighted by Gasteiger charge is 2.16. The molecule has 2 heterocycles. The number of fused-ring (bicyclic) bond motifs is 1. The fourth-order valence-electron chi connectivity index (χ4n) is 2.26. The highest BCUT2D eigenvalue weighted by Crippen LogP contribution is 2.21. The number of pyridine rings is 1. The predicted molar refractivity (Wildman–Crippen MR) is 87.2 cm³/mol. The van der Waals surface area contributed by atoms with Gasteiger partial charge >= 0.3 is 0 Å². The number of aromatic nitrogens is 2. The zero-order valence-electron chi connectivity index (χ0n) is 13.8. The molecule has 0 saturated heterocycles. The maximum atomic E-state index is 9.92. The monoisotopic (exact) mass is 289 g/mol. The van der Waals surface area contributed by atoms with E-state index in [2.05, 4.69) is 47.9 Å². The van der Waals surface area contributed by atoms with Crippen LogP contribution in [0.15, 0.2) is 24.5 Å². The maximum Gasteiger partial charge on any atom is 0.140 e. The molecule has 21 heavy (non-hydrogen) atoms. The van der Waals surface area contributed by atoms with Crippen LogP contribution in [0.5, 0.6) is 0 Å². The fraction of sp³-hybridized carbons (Fsp3) is 0.588. The normalized spacial score (nSPS) is 13.0. The highest BCUT2D eigenvalue weighted by molar-refractivity contribution is 5.80. The summed E-state index contributed by atoms with van der Waals surface area (Å²) in [4.78, 5) is 4.50. The second-order valence-electron chi connectivity index (χ2n) is 7.39. The van der Waals surface area contributed by atoms with E-state index in [0.717, 1.165) is 18.7 Å². The maximum absolute atomic E-state index is 9.92. The van der Waals surface area contributed by atoms with E-state index in [9.17, 15) is 5.11 Å². The highest BCUT2D eigenvalue weighted by atomic mass is 16.3. The topological polar surface area (TPSA) is 50.1 Å². The summed E-state index contributed by atoms with van der Waals surface area (Å²) >= 11 is 0. The Labute approximate surface area is 127 Å². The van der Waals surface area contributed by atoms with Gasteiger partial charge in [0.1, 0.15) is 5.65 Å². The zero-order valence-corrected chi connectivity index (χ0v) is 13.8. The van der Waals surface area contributed by atoms with E-state index in [1.165, 1.54) is 10.9 Å². The lowest BCUT2D eigenvalue weighted by Gasteiger charge is -2.20. The van der Waals surface area contributed by atoms with Crippen LogP contribution in [0.1, 0.15) is 46.6 Å². The molecule has 4 heteroatoms. The van der Waals surface area contributed by atoms with Crippen molar-refractivity contribution in [2.45, 2.75) is 65.3 Å². The van der Waals surface area contributed by atoms with E-state index in [-0.39, 0.29) is 5.54 Å². The third-order valence-electron chi connectivity index (χ3n) is 3.49. The number of nitrogens with zero attached hydrogens (tertiary/aromatic N) is 2. The number of nitrogens with one attached hydrogen (secondary N) is 1. The van der Waals surface area contributed by atoms with Gasteiger partial charge in [0.25, 0.3) is 0 Å². The van der Waals surface area contributed by atoms with Crippen molar-refractivity contribution in [3.8, 4) is 0 Å².